The molecule has 0 amide bonds. The van der Waals surface area contributed by atoms with Crippen LogP contribution < -0.4 is 0 Å². The Bertz CT molecular complexity index is 412. The minimum absolute atomic E-state index is 0.449. The fourth-order valence-electron chi connectivity index (χ4n) is 3.12. The number of nitrogens with zero attached hydrogens (tertiary/aromatic N) is 1. The molecular weight excluding hydrogens is 234 g/mol. The van der Waals surface area contributed by atoms with Crippen LogP contribution in [0.15, 0.2) is 24.3 Å². The Kier molecular flexibility index (Phi) is 2.93. The van der Waals surface area contributed by atoms with E-state index in [2.05, 4.69) is 17.0 Å². The van der Waals surface area contributed by atoms with Crippen LogP contribution in [0.1, 0.15) is 31.2 Å². The zero-order valence-electron chi connectivity index (χ0n) is 9.73. The second-order valence-electron chi connectivity index (χ2n) is 5.13. The van der Waals surface area contributed by atoms with Gasteiger partial charge in [0.1, 0.15) is 5.78 Å². The average molecular weight is 250 g/mol. The Labute approximate surface area is 107 Å². The van der Waals surface area contributed by atoms with E-state index in [9.17, 15) is 4.79 Å². The molecule has 0 aliphatic carbocycles. The number of rotatable bonds is 2. The summed E-state index contributed by atoms with van der Waals surface area (Å²) in [6.45, 7) is 0.958. The molecule has 0 unspecified atom stereocenters. The summed E-state index contributed by atoms with van der Waals surface area (Å²) in [5, 5.41) is 0.783. The lowest BCUT2D eigenvalue weighted by Gasteiger charge is -2.33. The van der Waals surface area contributed by atoms with Crippen LogP contribution >= 0.6 is 11.6 Å². The molecule has 0 N–H and O–H groups in total. The molecule has 90 valence electrons. The van der Waals surface area contributed by atoms with Crippen molar-refractivity contribution in [2.75, 3.05) is 0 Å². The third-order valence-corrected chi connectivity index (χ3v) is 4.23. The first kappa shape index (κ1) is 11.2. The molecule has 2 atom stereocenters. The van der Waals surface area contributed by atoms with Crippen molar-refractivity contribution in [2.45, 2.75) is 44.3 Å². The van der Waals surface area contributed by atoms with Crippen LogP contribution in [0.2, 0.25) is 5.02 Å². The molecule has 0 saturated carbocycles. The number of Topliss-reactive ketones (excluding diaryl/α,β-unsaturated/α-hetero) is 1. The molecule has 2 nitrogen and oxygen atoms in total. The second-order valence-corrected chi connectivity index (χ2v) is 5.57. The van der Waals surface area contributed by atoms with Crippen LogP contribution in [-0.4, -0.2) is 22.8 Å². The third-order valence-electron chi connectivity index (χ3n) is 3.98. The van der Waals surface area contributed by atoms with Crippen LogP contribution in [0.5, 0.6) is 0 Å². The molecule has 17 heavy (non-hydrogen) atoms. The van der Waals surface area contributed by atoms with E-state index in [0.717, 1.165) is 24.4 Å². The number of benzene rings is 1. The first-order chi connectivity index (χ1) is 8.22. The Morgan fingerprint density at radius 3 is 2.29 bits per heavy atom. The monoisotopic (exact) mass is 249 g/mol. The summed E-state index contributed by atoms with van der Waals surface area (Å²) in [4.78, 5) is 14.0. The minimum atomic E-state index is 0.449. The summed E-state index contributed by atoms with van der Waals surface area (Å²) in [5.41, 5.74) is 1.29. The predicted octanol–water partition coefficient (Wildman–Crippen LogP) is 3.04. The number of hydrogen-bond acceptors (Lipinski definition) is 2. The van der Waals surface area contributed by atoms with Gasteiger partial charge in [0.15, 0.2) is 0 Å². The van der Waals surface area contributed by atoms with Gasteiger partial charge in [-0.15, -0.1) is 0 Å². The van der Waals surface area contributed by atoms with Crippen molar-refractivity contribution < 1.29 is 4.79 Å². The third kappa shape index (κ3) is 2.24. The van der Waals surface area contributed by atoms with Crippen molar-refractivity contribution in [3.05, 3.63) is 34.9 Å². The summed E-state index contributed by atoms with van der Waals surface area (Å²) in [6, 6.07) is 9.01. The van der Waals surface area contributed by atoms with Crippen LogP contribution in [-0.2, 0) is 11.3 Å². The van der Waals surface area contributed by atoms with E-state index < -0.39 is 0 Å². The largest absolute Gasteiger partial charge is 0.300 e. The number of ketones is 1. The van der Waals surface area contributed by atoms with E-state index in [1.165, 1.54) is 18.4 Å². The van der Waals surface area contributed by atoms with Crippen LogP contribution in [0.3, 0.4) is 0 Å². The summed E-state index contributed by atoms with van der Waals surface area (Å²) in [5.74, 6) is 0.449. The number of hydrogen-bond donors (Lipinski definition) is 0. The highest BCUT2D eigenvalue weighted by atomic mass is 35.5. The van der Waals surface area contributed by atoms with Gasteiger partial charge in [-0.3, -0.25) is 9.69 Å². The Balaban J connectivity index is 1.74. The van der Waals surface area contributed by atoms with E-state index in [0.29, 0.717) is 17.9 Å². The van der Waals surface area contributed by atoms with Gasteiger partial charge in [-0.05, 0) is 30.5 Å². The first-order valence-corrected chi connectivity index (χ1v) is 6.62. The standard InChI is InChI=1S/C14H16ClNO/c15-11-3-1-10(2-4-11)9-16-12-5-6-13(16)8-14(17)7-12/h1-4,12-13H,5-9H2/t12-,13+. The molecule has 3 rings (SSSR count). The fourth-order valence-corrected chi connectivity index (χ4v) is 3.25. The lowest BCUT2D eigenvalue weighted by molar-refractivity contribution is -0.123. The normalized spacial score (nSPS) is 28.6. The number of carbonyl (C=O) groups is 1. The second kappa shape index (κ2) is 4.43. The molecule has 1 aromatic carbocycles. The number of fused-ring (bicyclic) bond motifs is 2. The maximum Gasteiger partial charge on any atom is 0.136 e. The molecule has 2 heterocycles. The molecular formula is C14H16ClNO. The van der Waals surface area contributed by atoms with Crippen molar-refractivity contribution in [1.82, 2.24) is 4.90 Å². The summed E-state index contributed by atoms with van der Waals surface area (Å²) in [6.07, 6.45) is 3.88. The van der Waals surface area contributed by atoms with E-state index in [-0.39, 0.29) is 0 Å². The van der Waals surface area contributed by atoms with Crippen LogP contribution in [0.25, 0.3) is 0 Å². The maximum atomic E-state index is 11.5. The van der Waals surface area contributed by atoms with Gasteiger partial charge < -0.3 is 0 Å². The van der Waals surface area contributed by atoms with Crippen LogP contribution in [0, 0.1) is 0 Å². The van der Waals surface area contributed by atoms with Gasteiger partial charge in [0.2, 0.25) is 0 Å². The van der Waals surface area contributed by atoms with Gasteiger partial charge in [-0.1, -0.05) is 23.7 Å². The van der Waals surface area contributed by atoms with Crippen molar-refractivity contribution in [3.8, 4) is 0 Å². The summed E-state index contributed by atoms with van der Waals surface area (Å²) in [7, 11) is 0. The molecule has 2 aliphatic heterocycles. The van der Waals surface area contributed by atoms with E-state index in [1.807, 2.05) is 12.1 Å². The topological polar surface area (TPSA) is 20.3 Å². The quantitative estimate of drug-likeness (QED) is 0.803. The van der Waals surface area contributed by atoms with Gasteiger partial charge in [0, 0.05) is 36.5 Å². The molecule has 0 aromatic heterocycles. The average Bonchev–Trinajstić information content (AvgIpc) is 2.56. The van der Waals surface area contributed by atoms with Gasteiger partial charge in [-0.25, -0.2) is 0 Å². The zero-order chi connectivity index (χ0) is 11.8. The zero-order valence-corrected chi connectivity index (χ0v) is 10.5. The lowest BCUT2D eigenvalue weighted by atomic mass is 10.0. The van der Waals surface area contributed by atoms with Gasteiger partial charge >= 0.3 is 0 Å². The molecule has 2 bridgehead atoms. The molecule has 1 aromatic rings. The van der Waals surface area contributed by atoms with Crippen LogP contribution in [0.4, 0.5) is 0 Å². The highest BCUT2D eigenvalue weighted by Crippen LogP contribution is 2.35. The highest BCUT2D eigenvalue weighted by Gasteiger charge is 2.39. The van der Waals surface area contributed by atoms with Crippen molar-refractivity contribution in [1.29, 1.82) is 0 Å². The molecule has 0 spiro atoms. The molecule has 2 fully saturated rings. The molecule has 3 heteroatoms. The molecule has 0 radical (unpaired) electrons. The first-order valence-electron chi connectivity index (χ1n) is 6.24. The van der Waals surface area contributed by atoms with Gasteiger partial charge in [0.25, 0.3) is 0 Å². The van der Waals surface area contributed by atoms with Crippen molar-refractivity contribution in [3.63, 3.8) is 0 Å². The Morgan fingerprint density at radius 2 is 1.71 bits per heavy atom. The summed E-state index contributed by atoms with van der Waals surface area (Å²) >= 11 is 5.88. The molecule has 2 saturated heterocycles. The maximum absolute atomic E-state index is 11.5. The highest BCUT2D eigenvalue weighted by molar-refractivity contribution is 6.30. The fraction of sp³-hybridized carbons (Fsp3) is 0.500. The number of halogens is 1. The lowest BCUT2D eigenvalue weighted by Crippen LogP contribution is -2.42. The number of carbonyl (C=O) groups excluding carboxylic acids is 1. The van der Waals surface area contributed by atoms with Crippen molar-refractivity contribution >= 4 is 17.4 Å². The Hall–Kier alpha value is -0.860. The van der Waals surface area contributed by atoms with E-state index in [4.69, 9.17) is 11.6 Å². The summed E-state index contributed by atoms with van der Waals surface area (Å²) < 4.78 is 0. The minimum Gasteiger partial charge on any atom is -0.300 e. The predicted molar refractivity (Wildman–Crippen MR) is 68.0 cm³/mol. The number of piperidine rings is 1. The van der Waals surface area contributed by atoms with E-state index >= 15 is 0 Å². The van der Waals surface area contributed by atoms with Crippen molar-refractivity contribution in [2.24, 2.45) is 0 Å². The van der Waals surface area contributed by atoms with E-state index in [1.54, 1.807) is 0 Å². The molecule has 2 aliphatic rings. The van der Waals surface area contributed by atoms with Gasteiger partial charge in [0.05, 0.1) is 0 Å². The van der Waals surface area contributed by atoms with Gasteiger partial charge in [-0.2, -0.15) is 0 Å². The Morgan fingerprint density at radius 1 is 1.12 bits per heavy atom. The SMILES string of the molecule is O=C1C[C@H]2CC[C@@H](C1)N2Cc1ccc(Cl)cc1. The smallest absolute Gasteiger partial charge is 0.136 e.